The van der Waals surface area contributed by atoms with E-state index in [4.69, 9.17) is 4.74 Å². The number of anilines is 1. The number of methoxy groups -OCH3 is 1. The number of imidazole rings is 1. The monoisotopic (exact) mass is 432 g/mol. The SMILES string of the molecule is COc1nc2ccccc2cc1-c1cnc(CCCCCNc2ccccc2SC)[nH]1. The number of hydrogen-bond donors (Lipinski definition) is 2. The molecule has 0 fully saturated rings. The number of nitrogens with zero attached hydrogens (tertiary/aromatic N) is 2. The zero-order valence-electron chi connectivity index (χ0n) is 18.0. The number of unbranched alkanes of at least 4 members (excludes halogenated alkanes) is 2. The first-order valence-electron chi connectivity index (χ1n) is 10.6. The highest BCUT2D eigenvalue weighted by Crippen LogP contribution is 2.30. The van der Waals surface area contributed by atoms with Crippen LogP contribution in [-0.2, 0) is 6.42 Å². The van der Waals surface area contributed by atoms with Crippen LogP contribution in [0, 0.1) is 0 Å². The number of benzene rings is 2. The molecule has 2 aromatic heterocycles. The van der Waals surface area contributed by atoms with Crippen molar-refractivity contribution in [1.29, 1.82) is 0 Å². The number of ether oxygens (including phenoxy) is 1. The molecule has 2 aromatic carbocycles. The van der Waals surface area contributed by atoms with Crippen LogP contribution in [0.25, 0.3) is 22.2 Å². The van der Waals surface area contributed by atoms with E-state index < -0.39 is 0 Å². The van der Waals surface area contributed by atoms with Gasteiger partial charge in [0, 0.05) is 28.9 Å². The van der Waals surface area contributed by atoms with E-state index in [2.05, 4.69) is 62.9 Å². The zero-order valence-corrected chi connectivity index (χ0v) is 18.8. The minimum atomic E-state index is 0.616. The molecule has 0 saturated heterocycles. The van der Waals surface area contributed by atoms with Gasteiger partial charge in [-0.15, -0.1) is 11.8 Å². The molecule has 4 aromatic rings. The van der Waals surface area contributed by atoms with Gasteiger partial charge in [0.2, 0.25) is 5.88 Å². The summed E-state index contributed by atoms with van der Waals surface area (Å²) in [4.78, 5) is 14.0. The van der Waals surface area contributed by atoms with Crippen LogP contribution >= 0.6 is 11.8 Å². The van der Waals surface area contributed by atoms with E-state index in [9.17, 15) is 0 Å². The first-order chi connectivity index (χ1) is 15.3. The first-order valence-corrected chi connectivity index (χ1v) is 11.9. The minimum Gasteiger partial charge on any atom is -0.480 e. The standard InChI is InChI=1S/C25H28N4OS/c1-30-25-19(16-18-10-5-6-11-20(18)29-25)22-17-27-24(28-22)14-4-3-9-15-26-21-12-7-8-13-23(21)31-2/h5-8,10-13,16-17,26H,3-4,9,14-15H2,1-2H3,(H,27,28). The largest absolute Gasteiger partial charge is 0.480 e. The Kier molecular flexibility index (Phi) is 7.10. The first kappa shape index (κ1) is 21.2. The Bertz CT molecular complexity index is 1140. The third-order valence-electron chi connectivity index (χ3n) is 5.31. The molecular weight excluding hydrogens is 404 g/mol. The van der Waals surface area contributed by atoms with Gasteiger partial charge in [0.1, 0.15) is 5.82 Å². The normalized spacial score (nSPS) is 11.0. The number of thioether (sulfide) groups is 1. The maximum absolute atomic E-state index is 5.53. The fraction of sp³-hybridized carbons (Fsp3) is 0.280. The molecule has 0 amide bonds. The van der Waals surface area contributed by atoms with Gasteiger partial charge in [0.25, 0.3) is 0 Å². The quantitative estimate of drug-likeness (QED) is 0.231. The summed E-state index contributed by atoms with van der Waals surface area (Å²) in [6, 6.07) is 18.6. The van der Waals surface area contributed by atoms with E-state index in [0.29, 0.717) is 5.88 Å². The van der Waals surface area contributed by atoms with Crippen LogP contribution in [0.2, 0.25) is 0 Å². The van der Waals surface area contributed by atoms with Gasteiger partial charge in [0.05, 0.1) is 30.1 Å². The van der Waals surface area contributed by atoms with Gasteiger partial charge in [-0.2, -0.15) is 0 Å². The number of rotatable bonds is 10. The summed E-state index contributed by atoms with van der Waals surface area (Å²) >= 11 is 1.78. The number of H-pyrrole nitrogens is 1. The Morgan fingerprint density at radius 3 is 2.74 bits per heavy atom. The van der Waals surface area contributed by atoms with Gasteiger partial charge in [-0.25, -0.2) is 9.97 Å². The molecule has 2 heterocycles. The lowest BCUT2D eigenvalue weighted by atomic mass is 10.1. The van der Waals surface area contributed by atoms with Gasteiger partial charge in [-0.05, 0) is 43.4 Å². The van der Waals surface area contributed by atoms with Crippen molar-refractivity contribution in [1.82, 2.24) is 15.0 Å². The molecule has 31 heavy (non-hydrogen) atoms. The van der Waals surface area contributed by atoms with Gasteiger partial charge < -0.3 is 15.0 Å². The van der Waals surface area contributed by atoms with Crippen molar-refractivity contribution in [3.63, 3.8) is 0 Å². The summed E-state index contributed by atoms with van der Waals surface area (Å²) in [5.74, 6) is 1.62. The number of aromatic amines is 1. The molecule has 4 rings (SSSR count). The Labute approximate surface area is 187 Å². The summed E-state index contributed by atoms with van der Waals surface area (Å²) in [7, 11) is 1.66. The summed E-state index contributed by atoms with van der Waals surface area (Å²) in [5, 5.41) is 4.64. The zero-order chi connectivity index (χ0) is 21.5. The highest BCUT2D eigenvalue weighted by Gasteiger charge is 2.12. The second kappa shape index (κ2) is 10.4. The van der Waals surface area contributed by atoms with Crippen molar-refractivity contribution in [2.75, 3.05) is 25.2 Å². The number of para-hydroxylation sites is 2. The highest BCUT2D eigenvalue weighted by molar-refractivity contribution is 7.98. The average molecular weight is 433 g/mol. The Morgan fingerprint density at radius 1 is 1.03 bits per heavy atom. The van der Waals surface area contributed by atoms with Crippen LogP contribution in [0.15, 0.2) is 65.7 Å². The van der Waals surface area contributed by atoms with Crippen molar-refractivity contribution in [3.05, 3.63) is 66.6 Å². The second-order valence-electron chi connectivity index (χ2n) is 7.42. The van der Waals surface area contributed by atoms with E-state index >= 15 is 0 Å². The van der Waals surface area contributed by atoms with Gasteiger partial charge in [-0.1, -0.05) is 36.8 Å². The molecule has 5 nitrogen and oxygen atoms in total. The predicted molar refractivity (Wildman–Crippen MR) is 130 cm³/mol. The van der Waals surface area contributed by atoms with Crippen molar-refractivity contribution < 1.29 is 4.74 Å². The van der Waals surface area contributed by atoms with E-state index in [0.717, 1.165) is 60.2 Å². The number of fused-ring (bicyclic) bond motifs is 1. The molecular formula is C25H28N4OS. The van der Waals surface area contributed by atoms with Crippen LogP contribution < -0.4 is 10.1 Å². The molecule has 2 N–H and O–H groups in total. The molecule has 0 spiro atoms. The van der Waals surface area contributed by atoms with E-state index in [1.807, 2.05) is 24.4 Å². The maximum Gasteiger partial charge on any atom is 0.223 e. The summed E-state index contributed by atoms with van der Waals surface area (Å²) in [6.07, 6.45) is 8.33. The molecule has 160 valence electrons. The molecule has 0 bridgehead atoms. The molecule has 0 unspecified atom stereocenters. The smallest absolute Gasteiger partial charge is 0.223 e. The van der Waals surface area contributed by atoms with Crippen molar-refractivity contribution in [3.8, 4) is 17.1 Å². The molecule has 0 aliphatic heterocycles. The molecule has 0 radical (unpaired) electrons. The summed E-state index contributed by atoms with van der Waals surface area (Å²) in [5.41, 5.74) is 4.04. The minimum absolute atomic E-state index is 0.616. The molecule has 0 saturated carbocycles. The fourth-order valence-corrected chi connectivity index (χ4v) is 4.26. The van der Waals surface area contributed by atoms with Gasteiger partial charge >= 0.3 is 0 Å². The van der Waals surface area contributed by atoms with Crippen LogP contribution in [0.1, 0.15) is 25.1 Å². The second-order valence-corrected chi connectivity index (χ2v) is 8.27. The third kappa shape index (κ3) is 5.20. The van der Waals surface area contributed by atoms with Gasteiger partial charge in [0.15, 0.2) is 0 Å². The van der Waals surface area contributed by atoms with Crippen molar-refractivity contribution in [2.45, 2.75) is 30.6 Å². The van der Waals surface area contributed by atoms with Gasteiger partial charge in [-0.3, -0.25) is 0 Å². The molecule has 0 aliphatic rings. The lowest BCUT2D eigenvalue weighted by molar-refractivity contribution is 0.401. The van der Waals surface area contributed by atoms with Crippen LogP contribution in [0.4, 0.5) is 5.69 Å². The molecule has 0 atom stereocenters. The molecule has 6 heteroatoms. The number of aromatic nitrogens is 3. The van der Waals surface area contributed by atoms with E-state index in [-0.39, 0.29) is 0 Å². The summed E-state index contributed by atoms with van der Waals surface area (Å²) in [6.45, 7) is 0.987. The summed E-state index contributed by atoms with van der Waals surface area (Å²) < 4.78 is 5.53. The average Bonchev–Trinajstić information content (AvgIpc) is 3.29. The van der Waals surface area contributed by atoms with Crippen LogP contribution in [0.3, 0.4) is 0 Å². The lowest BCUT2D eigenvalue weighted by Gasteiger charge is -2.10. The number of nitrogens with one attached hydrogen (secondary N) is 2. The highest BCUT2D eigenvalue weighted by atomic mass is 32.2. The van der Waals surface area contributed by atoms with E-state index in [1.54, 1.807) is 18.9 Å². The van der Waals surface area contributed by atoms with Crippen LogP contribution in [0.5, 0.6) is 5.88 Å². The Hall–Kier alpha value is -2.99. The molecule has 0 aliphatic carbocycles. The predicted octanol–water partition coefficient (Wildman–Crippen LogP) is 6.18. The van der Waals surface area contributed by atoms with Crippen molar-refractivity contribution >= 4 is 28.4 Å². The number of aryl methyl sites for hydroxylation is 1. The number of pyridine rings is 1. The maximum atomic E-state index is 5.53. The fourth-order valence-electron chi connectivity index (χ4n) is 3.68. The lowest BCUT2D eigenvalue weighted by Crippen LogP contribution is -2.02. The Morgan fingerprint density at radius 2 is 1.87 bits per heavy atom. The van der Waals surface area contributed by atoms with Crippen molar-refractivity contribution in [2.24, 2.45) is 0 Å². The number of hydrogen-bond acceptors (Lipinski definition) is 5. The topological polar surface area (TPSA) is 62.8 Å². The third-order valence-corrected chi connectivity index (χ3v) is 6.11. The Balaban J connectivity index is 1.30. The van der Waals surface area contributed by atoms with Crippen LogP contribution in [-0.4, -0.2) is 34.9 Å². The van der Waals surface area contributed by atoms with E-state index in [1.165, 1.54) is 10.6 Å².